The lowest BCUT2D eigenvalue weighted by Crippen LogP contribution is -2.04. The first-order valence-corrected chi connectivity index (χ1v) is 15.7. The fraction of sp³-hybridized carbons (Fsp3) is 0.100. The molecule has 46 heavy (non-hydrogen) atoms. The van der Waals surface area contributed by atoms with Crippen LogP contribution in [0.25, 0.3) is 54.6 Å². The molecule has 6 aromatic rings. The van der Waals surface area contributed by atoms with E-state index in [0.717, 1.165) is 59.7 Å². The molecule has 0 radical (unpaired) electrons. The highest BCUT2D eigenvalue weighted by Crippen LogP contribution is 2.50. The van der Waals surface area contributed by atoms with Gasteiger partial charge in [0.1, 0.15) is 17.8 Å². The smallest absolute Gasteiger partial charge is 0.199 e. The van der Waals surface area contributed by atoms with Gasteiger partial charge in [-0.3, -0.25) is 0 Å². The summed E-state index contributed by atoms with van der Waals surface area (Å²) < 4.78 is 0. The number of phenolic OH excluding ortho intramolecular Hbond substituents is 1. The number of hydrogen-bond donors (Lipinski definition) is 5. The summed E-state index contributed by atoms with van der Waals surface area (Å²) in [6, 6.07) is 31.6. The summed E-state index contributed by atoms with van der Waals surface area (Å²) in [5.74, 6) is -2.37. The molecular weight excluding hydrogens is 593 g/mol. The molecule has 6 heteroatoms. The first kappa shape index (κ1) is 30.7. The Morgan fingerprint density at radius 1 is 0.717 bits per heavy atom. The largest absolute Gasteiger partial charge is 0.512 e. The molecule has 0 aliphatic carbocycles. The van der Waals surface area contributed by atoms with Crippen LogP contribution in [-0.4, -0.2) is 25.5 Å². The van der Waals surface area contributed by atoms with Gasteiger partial charge in [0, 0.05) is 16.9 Å². The summed E-state index contributed by atoms with van der Waals surface area (Å²) in [5.41, 5.74) is 5.97. The number of fused-ring (bicyclic) bond motifs is 3. The topological polar surface area (TPSA) is 101 Å². The van der Waals surface area contributed by atoms with Gasteiger partial charge >= 0.3 is 0 Å². The summed E-state index contributed by atoms with van der Waals surface area (Å²) in [7, 11) is 0. The van der Waals surface area contributed by atoms with Gasteiger partial charge in [-0.05, 0) is 97.4 Å². The van der Waals surface area contributed by atoms with E-state index in [1.54, 1.807) is 0 Å². The Labute approximate surface area is 271 Å². The number of thioether (sulfide) groups is 1. The predicted octanol–water partition coefficient (Wildman–Crippen LogP) is 11.3. The molecule has 6 rings (SSSR count). The van der Waals surface area contributed by atoms with E-state index in [1.807, 2.05) is 51.1 Å². The van der Waals surface area contributed by atoms with Crippen molar-refractivity contribution in [2.75, 3.05) is 0 Å². The molecule has 5 nitrogen and oxygen atoms in total. The molecule has 0 saturated carbocycles. The van der Waals surface area contributed by atoms with Crippen molar-refractivity contribution in [1.82, 2.24) is 0 Å². The number of benzene rings is 6. The quantitative estimate of drug-likeness (QED) is 0.0523. The average Bonchev–Trinajstić information content (AvgIpc) is 3.07. The van der Waals surface area contributed by atoms with Gasteiger partial charge < -0.3 is 25.5 Å². The monoisotopic (exact) mass is 626 g/mol. The predicted molar refractivity (Wildman–Crippen MR) is 191 cm³/mol. The van der Waals surface area contributed by atoms with E-state index in [-0.39, 0.29) is 12.2 Å². The lowest BCUT2D eigenvalue weighted by atomic mass is 9.82. The van der Waals surface area contributed by atoms with Gasteiger partial charge in [-0.1, -0.05) is 103 Å². The van der Waals surface area contributed by atoms with E-state index in [1.165, 1.54) is 17.1 Å². The minimum absolute atomic E-state index is 0.0389. The van der Waals surface area contributed by atoms with E-state index < -0.39 is 17.3 Å². The molecular formula is C40H34O5S. The third-order valence-corrected chi connectivity index (χ3v) is 9.59. The molecule has 0 bridgehead atoms. The molecule has 0 amide bonds. The molecule has 0 aliphatic rings. The van der Waals surface area contributed by atoms with Crippen molar-refractivity contribution in [3.8, 4) is 28.0 Å². The summed E-state index contributed by atoms with van der Waals surface area (Å²) in [6.07, 6.45) is 0.0158. The first-order valence-electron chi connectivity index (χ1n) is 14.9. The second kappa shape index (κ2) is 12.2. The van der Waals surface area contributed by atoms with E-state index in [4.69, 9.17) is 5.11 Å². The highest BCUT2D eigenvalue weighted by molar-refractivity contribution is 8.03. The average molecular weight is 627 g/mol. The number of phenols is 1. The highest BCUT2D eigenvalue weighted by Gasteiger charge is 2.26. The molecule has 0 aromatic heterocycles. The first-order chi connectivity index (χ1) is 22.1. The zero-order valence-electron chi connectivity index (χ0n) is 25.8. The van der Waals surface area contributed by atoms with E-state index in [2.05, 4.69) is 67.2 Å². The number of rotatable bonds is 7. The van der Waals surface area contributed by atoms with Gasteiger partial charge in [-0.15, -0.1) is 0 Å². The van der Waals surface area contributed by atoms with Crippen molar-refractivity contribution in [1.29, 1.82) is 0 Å². The number of hydrogen-bond acceptors (Lipinski definition) is 6. The summed E-state index contributed by atoms with van der Waals surface area (Å²) in [6.45, 7) is 9.79. The number of aliphatic hydroxyl groups is 4. The van der Waals surface area contributed by atoms with Crippen LogP contribution in [0, 0.1) is 13.8 Å². The van der Waals surface area contributed by atoms with Crippen LogP contribution in [0.2, 0.25) is 0 Å². The van der Waals surface area contributed by atoms with Crippen molar-refractivity contribution in [3.05, 3.63) is 143 Å². The Bertz CT molecular complexity index is 2200. The van der Waals surface area contributed by atoms with Crippen molar-refractivity contribution in [3.63, 3.8) is 0 Å². The molecule has 0 spiro atoms. The Balaban J connectivity index is 1.70. The fourth-order valence-corrected chi connectivity index (χ4v) is 7.33. The second-order valence-electron chi connectivity index (χ2n) is 11.5. The molecule has 0 saturated heterocycles. The molecule has 5 N–H and O–H groups in total. The van der Waals surface area contributed by atoms with Gasteiger partial charge in [0.15, 0.2) is 11.5 Å². The van der Waals surface area contributed by atoms with Gasteiger partial charge in [0.25, 0.3) is 0 Å². The van der Waals surface area contributed by atoms with Crippen LogP contribution in [-0.2, 0) is 6.42 Å². The maximum atomic E-state index is 11.8. The minimum atomic E-state index is -0.874. The Kier molecular flexibility index (Phi) is 8.15. The van der Waals surface area contributed by atoms with Crippen molar-refractivity contribution in [2.24, 2.45) is 0 Å². The Morgan fingerprint density at radius 3 is 1.83 bits per heavy atom. The summed E-state index contributed by atoms with van der Waals surface area (Å²) >= 11 is 1.37. The van der Waals surface area contributed by atoms with Crippen molar-refractivity contribution < 1.29 is 25.5 Å². The normalized spacial score (nSPS) is 12.5. The standard InChI is InChI=1S/C40H34O5S/c1-22(2)46-40-24(4)35(23(3)38(44)32(40)20-33(42)39(45)34(43)21-41)37-30-15-9-7-13-28(30)36(29-14-8-10-16-31(29)37)27-18-17-25-11-5-6-12-26(25)19-27/h5-19,21,41-45H,1,20H2,2-4H3/b34-21-,39-33-. The summed E-state index contributed by atoms with van der Waals surface area (Å²) in [4.78, 5) is 1.45. The van der Waals surface area contributed by atoms with Crippen LogP contribution < -0.4 is 0 Å². The second-order valence-corrected chi connectivity index (χ2v) is 12.8. The Morgan fingerprint density at radius 2 is 1.26 bits per heavy atom. The molecule has 0 unspecified atom stereocenters. The minimum Gasteiger partial charge on any atom is -0.512 e. The van der Waals surface area contributed by atoms with Crippen LogP contribution in [0.4, 0.5) is 0 Å². The lowest BCUT2D eigenvalue weighted by Gasteiger charge is -2.24. The van der Waals surface area contributed by atoms with E-state index >= 15 is 0 Å². The molecule has 6 aromatic carbocycles. The number of aliphatic hydroxyl groups excluding tert-OH is 4. The fourth-order valence-electron chi connectivity index (χ4n) is 6.44. The van der Waals surface area contributed by atoms with Crippen LogP contribution in [0.15, 0.2) is 131 Å². The third kappa shape index (κ3) is 5.21. The molecule has 0 atom stereocenters. The van der Waals surface area contributed by atoms with Gasteiger partial charge in [0.2, 0.25) is 0 Å². The van der Waals surface area contributed by atoms with Crippen LogP contribution in [0.5, 0.6) is 5.75 Å². The summed E-state index contributed by atoms with van der Waals surface area (Å²) in [5, 5.41) is 58.2. The van der Waals surface area contributed by atoms with E-state index in [9.17, 15) is 20.4 Å². The zero-order valence-corrected chi connectivity index (χ0v) is 26.6. The van der Waals surface area contributed by atoms with Crippen molar-refractivity contribution in [2.45, 2.75) is 32.1 Å². The molecule has 230 valence electrons. The Hall–Kier alpha value is -5.33. The SMILES string of the molecule is C=C(C)Sc1c(C)c(-c2c3ccccc3c(-c3ccc4ccccc4c3)c3ccccc23)c(C)c(O)c1C/C(O)=C(O)\C(O)=C\O. The zero-order chi connectivity index (χ0) is 32.7. The van der Waals surface area contributed by atoms with Gasteiger partial charge in [-0.2, -0.15) is 0 Å². The molecule has 0 fully saturated rings. The maximum Gasteiger partial charge on any atom is 0.199 e. The van der Waals surface area contributed by atoms with Crippen LogP contribution >= 0.6 is 11.8 Å². The maximum absolute atomic E-state index is 11.8. The van der Waals surface area contributed by atoms with Crippen LogP contribution in [0.3, 0.4) is 0 Å². The van der Waals surface area contributed by atoms with Gasteiger partial charge in [0.05, 0.1) is 0 Å². The third-order valence-electron chi connectivity index (χ3n) is 8.48. The van der Waals surface area contributed by atoms with Crippen molar-refractivity contribution >= 4 is 44.1 Å². The number of allylic oxidation sites excluding steroid dienone is 2. The molecule has 0 heterocycles. The van der Waals surface area contributed by atoms with E-state index in [0.29, 0.717) is 22.3 Å². The number of aromatic hydroxyl groups is 1. The lowest BCUT2D eigenvalue weighted by molar-refractivity contribution is 0.266. The molecule has 0 aliphatic heterocycles. The van der Waals surface area contributed by atoms with Crippen LogP contribution in [0.1, 0.15) is 23.6 Å². The highest BCUT2D eigenvalue weighted by atomic mass is 32.2. The van der Waals surface area contributed by atoms with Gasteiger partial charge in [-0.25, -0.2) is 0 Å².